The Bertz CT molecular complexity index is 649. The minimum absolute atomic E-state index is 0.0987. The van der Waals surface area contributed by atoms with Crippen LogP contribution in [-0.2, 0) is 16.1 Å². The van der Waals surface area contributed by atoms with E-state index in [1.165, 1.54) is 18.4 Å². The third-order valence-electron chi connectivity index (χ3n) is 5.72. The zero-order valence-corrected chi connectivity index (χ0v) is 16.2. The van der Waals surface area contributed by atoms with Crippen LogP contribution in [0, 0.1) is 5.92 Å². The van der Waals surface area contributed by atoms with Gasteiger partial charge in [-0.1, -0.05) is 17.7 Å². The van der Waals surface area contributed by atoms with Crippen molar-refractivity contribution in [3.8, 4) is 0 Å². The first-order chi connectivity index (χ1) is 13.2. The predicted molar refractivity (Wildman–Crippen MR) is 106 cm³/mol. The average molecular weight is 370 g/mol. The predicted octanol–water partition coefficient (Wildman–Crippen LogP) is 3.61. The summed E-state index contributed by atoms with van der Waals surface area (Å²) in [6, 6.07) is 3.84. The summed E-state index contributed by atoms with van der Waals surface area (Å²) in [5, 5.41) is 2.96. The van der Waals surface area contributed by atoms with Gasteiger partial charge in [0.25, 0.3) is 0 Å². The lowest BCUT2D eigenvalue weighted by molar-refractivity contribution is -0.132. The lowest BCUT2D eigenvalue weighted by Crippen LogP contribution is -2.38. The molecule has 1 aromatic rings. The van der Waals surface area contributed by atoms with Crippen LogP contribution < -0.4 is 5.32 Å². The Morgan fingerprint density at radius 2 is 2.07 bits per heavy atom. The summed E-state index contributed by atoms with van der Waals surface area (Å²) in [5.74, 6) is 0.935. The standard InChI is InChI=1S/C22H31N3O2/c26-21(24-17-20-7-4-12-23-16-20)9-8-18-10-13-25(14-11-18)22(27)15-19-5-2-1-3-6-19/h4-5,7,12,16,18H,1-3,6,8-11,13-15,17H2,(H,24,26). The number of hydrogen-bond acceptors (Lipinski definition) is 3. The molecule has 0 saturated carbocycles. The highest BCUT2D eigenvalue weighted by molar-refractivity contribution is 5.79. The Kier molecular flexibility index (Phi) is 7.43. The molecule has 1 aliphatic heterocycles. The molecule has 1 N–H and O–H groups in total. The fourth-order valence-electron chi connectivity index (χ4n) is 3.97. The van der Waals surface area contributed by atoms with Crippen LogP contribution in [0.2, 0.25) is 0 Å². The lowest BCUT2D eigenvalue weighted by Gasteiger charge is -2.32. The monoisotopic (exact) mass is 369 g/mol. The summed E-state index contributed by atoms with van der Waals surface area (Å²) in [4.78, 5) is 30.6. The molecule has 0 unspecified atom stereocenters. The first-order valence-electron chi connectivity index (χ1n) is 10.3. The van der Waals surface area contributed by atoms with Crippen molar-refractivity contribution in [1.29, 1.82) is 0 Å². The second-order valence-corrected chi connectivity index (χ2v) is 7.79. The van der Waals surface area contributed by atoms with E-state index in [0.29, 0.717) is 25.3 Å². The summed E-state index contributed by atoms with van der Waals surface area (Å²) in [7, 11) is 0. The molecular formula is C22H31N3O2. The largest absolute Gasteiger partial charge is 0.352 e. The van der Waals surface area contributed by atoms with E-state index in [1.807, 2.05) is 17.0 Å². The van der Waals surface area contributed by atoms with Crippen LogP contribution in [0.3, 0.4) is 0 Å². The van der Waals surface area contributed by atoms with Crippen molar-refractivity contribution in [2.75, 3.05) is 13.1 Å². The lowest BCUT2D eigenvalue weighted by atomic mass is 9.91. The fraction of sp³-hybridized carbons (Fsp3) is 0.591. The molecule has 0 spiro atoms. The molecule has 1 saturated heterocycles. The van der Waals surface area contributed by atoms with E-state index < -0.39 is 0 Å². The number of nitrogens with zero attached hydrogens (tertiary/aromatic N) is 2. The number of nitrogens with one attached hydrogen (secondary N) is 1. The number of allylic oxidation sites excluding steroid dienone is 1. The molecule has 0 aromatic carbocycles. The zero-order chi connectivity index (χ0) is 18.9. The molecule has 1 aliphatic carbocycles. The highest BCUT2D eigenvalue weighted by atomic mass is 16.2. The van der Waals surface area contributed by atoms with Gasteiger partial charge in [-0.15, -0.1) is 0 Å². The van der Waals surface area contributed by atoms with Crippen LogP contribution in [0.4, 0.5) is 0 Å². The summed E-state index contributed by atoms with van der Waals surface area (Å²) in [5.41, 5.74) is 2.35. The van der Waals surface area contributed by atoms with Crippen molar-refractivity contribution in [2.45, 2.75) is 64.3 Å². The van der Waals surface area contributed by atoms with Gasteiger partial charge in [0.2, 0.25) is 11.8 Å². The summed E-state index contributed by atoms with van der Waals surface area (Å²) >= 11 is 0. The van der Waals surface area contributed by atoms with E-state index in [2.05, 4.69) is 16.4 Å². The number of pyridine rings is 1. The van der Waals surface area contributed by atoms with E-state index in [0.717, 1.165) is 50.8 Å². The van der Waals surface area contributed by atoms with E-state index in [1.54, 1.807) is 12.4 Å². The Hall–Kier alpha value is -2.17. The molecule has 0 bridgehead atoms. The average Bonchev–Trinajstić information content (AvgIpc) is 2.72. The molecule has 146 valence electrons. The molecular weight excluding hydrogens is 338 g/mol. The van der Waals surface area contributed by atoms with Gasteiger partial charge in [-0.25, -0.2) is 0 Å². The van der Waals surface area contributed by atoms with Crippen molar-refractivity contribution in [3.05, 3.63) is 41.7 Å². The summed E-state index contributed by atoms with van der Waals surface area (Å²) < 4.78 is 0. The molecule has 1 aromatic heterocycles. The first-order valence-corrected chi connectivity index (χ1v) is 10.3. The van der Waals surface area contributed by atoms with E-state index in [-0.39, 0.29) is 11.8 Å². The Morgan fingerprint density at radius 3 is 2.78 bits per heavy atom. The SMILES string of the molecule is O=C(CCC1CCN(C(=O)CC2=CCCCC2)CC1)NCc1cccnc1. The fourth-order valence-corrected chi connectivity index (χ4v) is 3.97. The molecule has 3 rings (SSSR count). The maximum Gasteiger partial charge on any atom is 0.226 e. The molecule has 1 fully saturated rings. The normalized spacial score (nSPS) is 18.1. The van der Waals surface area contributed by atoms with E-state index in [9.17, 15) is 9.59 Å². The number of hydrogen-bond donors (Lipinski definition) is 1. The Labute approximate surface area is 162 Å². The second-order valence-electron chi connectivity index (χ2n) is 7.79. The third-order valence-corrected chi connectivity index (χ3v) is 5.72. The third kappa shape index (κ3) is 6.49. The van der Waals surface area contributed by atoms with Gasteiger partial charge < -0.3 is 10.2 Å². The Morgan fingerprint density at radius 1 is 1.22 bits per heavy atom. The van der Waals surface area contributed by atoms with Gasteiger partial charge in [0, 0.05) is 44.9 Å². The first kappa shape index (κ1) is 19.6. The molecule has 0 atom stereocenters. The molecule has 2 heterocycles. The van der Waals surface area contributed by atoms with Crippen LogP contribution in [0.15, 0.2) is 36.2 Å². The van der Waals surface area contributed by atoms with Crippen LogP contribution in [0.25, 0.3) is 0 Å². The van der Waals surface area contributed by atoms with Gasteiger partial charge in [0.05, 0.1) is 0 Å². The number of piperidine rings is 1. The van der Waals surface area contributed by atoms with Crippen LogP contribution in [0.5, 0.6) is 0 Å². The number of likely N-dealkylation sites (tertiary alicyclic amines) is 1. The topological polar surface area (TPSA) is 62.3 Å². The van der Waals surface area contributed by atoms with Crippen LogP contribution in [0.1, 0.15) is 63.4 Å². The minimum Gasteiger partial charge on any atom is -0.352 e. The number of carbonyl (C=O) groups is 2. The zero-order valence-electron chi connectivity index (χ0n) is 16.2. The van der Waals surface area contributed by atoms with Crippen molar-refractivity contribution in [3.63, 3.8) is 0 Å². The number of carbonyl (C=O) groups excluding carboxylic acids is 2. The quantitative estimate of drug-likeness (QED) is 0.747. The van der Waals surface area contributed by atoms with Crippen molar-refractivity contribution in [1.82, 2.24) is 15.2 Å². The second kappa shape index (κ2) is 10.2. The highest BCUT2D eigenvalue weighted by Crippen LogP contribution is 2.25. The number of aromatic nitrogens is 1. The van der Waals surface area contributed by atoms with Gasteiger partial charge >= 0.3 is 0 Å². The summed E-state index contributed by atoms with van der Waals surface area (Å²) in [6.07, 6.45) is 14.6. The molecule has 5 nitrogen and oxygen atoms in total. The number of rotatable bonds is 7. The number of amides is 2. The van der Waals surface area contributed by atoms with E-state index >= 15 is 0 Å². The van der Waals surface area contributed by atoms with Gasteiger partial charge in [0.15, 0.2) is 0 Å². The van der Waals surface area contributed by atoms with Crippen LogP contribution in [-0.4, -0.2) is 34.8 Å². The maximum absolute atomic E-state index is 12.5. The van der Waals surface area contributed by atoms with Crippen molar-refractivity contribution in [2.24, 2.45) is 5.92 Å². The van der Waals surface area contributed by atoms with Gasteiger partial charge in [-0.2, -0.15) is 0 Å². The van der Waals surface area contributed by atoms with Gasteiger partial charge in [0.1, 0.15) is 0 Å². The smallest absolute Gasteiger partial charge is 0.226 e. The van der Waals surface area contributed by atoms with Crippen molar-refractivity contribution >= 4 is 11.8 Å². The summed E-state index contributed by atoms with van der Waals surface area (Å²) in [6.45, 7) is 2.22. The molecule has 5 heteroatoms. The van der Waals surface area contributed by atoms with Crippen LogP contribution >= 0.6 is 0 Å². The highest BCUT2D eigenvalue weighted by Gasteiger charge is 2.23. The maximum atomic E-state index is 12.5. The van der Waals surface area contributed by atoms with Crippen molar-refractivity contribution < 1.29 is 9.59 Å². The van der Waals surface area contributed by atoms with E-state index in [4.69, 9.17) is 0 Å². The molecule has 2 aliphatic rings. The molecule has 0 radical (unpaired) electrons. The Balaban J connectivity index is 1.31. The molecule has 27 heavy (non-hydrogen) atoms. The van der Waals surface area contributed by atoms with Gasteiger partial charge in [-0.3, -0.25) is 14.6 Å². The molecule has 2 amide bonds. The van der Waals surface area contributed by atoms with Gasteiger partial charge in [-0.05, 0) is 62.5 Å². The minimum atomic E-state index is 0.0987.